The lowest BCUT2D eigenvalue weighted by molar-refractivity contribution is 0.0835. The second-order valence-corrected chi connectivity index (χ2v) is 9.52. The number of hydrazine groups is 1. The standard InChI is InChI=1S/C24H29N7O/c1-14(15-6-4-3-5-7-15)31-13-17-10-18-21(12-20(17)25-24(31)32)26-28-23(18)16-8-9-19-22(11-16)30(2)29-27-19/h3-9,11,14,17-18,20-21,23,26,28H,10,12-13H2,1-2H3,(H,25,32)/t14-,17?,18?,20?,21?,23?/m1/s1. The highest BCUT2D eigenvalue weighted by Crippen LogP contribution is 2.43. The van der Waals surface area contributed by atoms with Crippen LogP contribution < -0.4 is 16.2 Å². The van der Waals surface area contributed by atoms with Gasteiger partial charge in [-0.25, -0.2) is 14.9 Å². The molecule has 3 fully saturated rings. The van der Waals surface area contributed by atoms with Crippen molar-refractivity contribution in [1.29, 1.82) is 0 Å². The van der Waals surface area contributed by atoms with Crippen molar-refractivity contribution in [2.24, 2.45) is 18.9 Å². The Morgan fingerprint density at radius 1 is 1.06 bits per heavy atom. The van der Waals surface area contributed by atoms with Gasteiger partial charge in [0.15, 0.2) is 0 Å². The molecule has 0 spiro atoms. The van der Waals surface area contributed by atoms with E-state index >= 15 is 0 Å². The Kier molecular flexibility index (Phi) is 4.66. The van der Waals surface area contributed by atoms with E-state index in [1.165, 1.54) is 11.1 Å². The zero-order valence-electron chi connectivity index (χ0n) is 18.4. The monoisotopic (exact) mass is 431 g/mol. The summed E-state index contributed by atoms with van der Waals surface area (Å²) >= 11 is 0. The third-order valence-corrected chi connectivity index (χ3v) is 7.77. The molecule has 8 nitrogen and oxygen atoms in total. The smallest absolute Gasteiger partial charge is 0.318 e. The van der Waals surface area contributed by atoms with E-state index in [1.807, 2.05) is 34.8 Å². The van der Waals surface area contributed by atoms with Crippen LogP contribution in [-0.2, 0) is 7.05 Å². The molecule has 2 saturated heterocycles. The highest BCUT2D eigenvalue weighted by molar-refractivity contribution is 5.76. The third-order valence-electron chi connectivity index (χ3n) is 7.77. The molecule has 0 radical (unpaired) electrons. The Bertz CT molecular complexity index is 1150. The van der Waals surface area contributed by atoms with Crippen LogP contribution in [0.1, 0.15) is 43.0 Å². The zero-order chi connectivity index (χ0) is 21.8. The number of benzene rings is 2. The number of aryl methyl sites for hydroxylation is 1. The van der Waals surface area contributed by atoms with Crippen molar-refractivity contribution in [1.82, 2.24) is 36.1 Å². The molecule has 166 valence electrons. The van der Waals surface area contributed by atoms with Gasteiger partial charge in [-0.05, 0) is 54.9 Å². The number of nitrogens with zero attached hydrogens (tertiary/aromatic N) is 4. The Hall–Kier alpha value is -2.97. The number of fused-ring (bicyclic) bond motifs is 3. The molecule has 3 aromatic rings. The van der Waals surface area contributed by atoms with Crippen molar-refractivity contribution in [3.05, 3.63) is 59.7 Å². The van der Waals surface area contributed by atoms with Gasteiger partial charge in [0, 0.05) is 25.7 Å². The fraction of sp³-hybridized carbons (Fsp3) is 0.458. The number of aromatic nitrogens is 3. The van der Waals surface area contributed by atoms with E-state index in [4.69, 9.17) is 0 Å². The first-order chi connectivity index (χ1) is 15.6. The second-order valence-electron chi connectivity index (χ2n) is 9.52. The first-order valence-corrected chi connectivity index (χ1v) is 11.5. The second kappa shape index (κ2) is 7.56. The van der Waals surface area contributed by atoms with Crippen LogP contribution in [0.15, 0.2) is 48.5 Å². The van der Waals surface area contributed by atoms with Gasteiger partial charge in [-0.1, -0.05) is 41.6 Å². The summed E-state index contributed by atoms with van der Waals surface area (Å²) in [7, 11) is 1.93. The molecule has 1 aliphatic carbocycles. The normalized spacial score (nSPS) is 30.6. The average molecular weight is 432 g/mol. The first kappa shape index (κ1) is 19.7. The van der Waals surface area contributed by atoms with Crippen molar-refractivity contribution >= 4 is 17.1 Å². The van der Waals surface area contributed by atoms with Gasteiger partial charge in [-0.15, -0.1) is 5.10 Å². The Morgan fingerprint density at radius 2 is 1.91 bits per heavy atom. The summed E-state index contributed by atoms with van der Waals surface area (Å²) in [5.74, 6) is 0.908. The van der Waals surface area contributed by atoms with Crippen LogP contribution in [0.3, 0.4) is 0 Å². The van der Waals surface area contributed by atoms with Gasteiger partial charge in [-0.3, -0.25) is 5.43 Å². The highest BCUT2D eigenvalue weighted by Gasteiger charge is 2.48. The van der Waals surface area contributed by atoms with E-state index in [9.17, 15) is 4.79 Å². The highest BCUT2D eigenvalue weighted by atomic mass is 16.2. The van der Waals surface area contributed by atoms with E-state index in [0.717, 1.165) is 30.4 Å². The van der Waals surface area contributed by atoms with Gasteiger partial charge in [0.05, 0.1) is 17.6 Å². The molecular formula is C24H29N7O. The number of nitrogens with one attached hydrogen (secondary N) is 3. The van der Waals surface area contributed by atoms with E-state index in [2.05, 4.69) is 63.7 Å². The summed E-state index contributed by atoms with van der Waals surface area (Å²) in [6.07, 6.45) is 2.02. The molecule has 1 aromatic heterocycles. The molecule has 6 atom stereocenters. The fourth-order valence-corrected chi connectivity index (χ4v) is 5.93. The number of rotatable bonds is 3. The fourth-order valence-electron chi connectivity index (χ4n) is 5.93. The number of amides is 2. The molecule has 1 saturated carbocycles. The lowest BCUT2D eigenvalue weighted by Gasteiger charge is -2.47. The molecule has 3 aliphatic rings. The quantitative estimate of drug-likeness (QED) is 0.594. The summed E-state index contributed by atoms with van der Waals surface area (Å²) in [5.41, 5.74) is 11.5. The lowest BCUT2D eigenvalue weighted by Crippen LogP contribution is -2.61. The van der Waals surface area contributed by atoms with Gasteiger partial charge in [0.2, 0.25) is 0 Å². The maximum Gasteiger partial charge on any atom is 0.318 e. The van der Waals surface area contributed by atoms with E-state index < -0.39 is 0 Å². The number of hydrogen-bond acceptors (Lipinski definition) is 5. The molecule has 3 N–H and O–H groups in total. The summed E-state index contributed by atoms with van der Waals surface area (Å²) in [6.45, 7) is 2.92. The van der Waals surface area contributed by atoms with Crippen LogP contribution in [0.4, 0.5) is 4.79 Å². The maximum absolute atomic E-state index is 12.9. The van der Waals surface area contributed by atoms with Gasteiger partial charge < -0.3 is 10.2 Å². The predicted octanol–water partition coefficient (Wildman–Crippen LogP) is 2.67. The van der Waals surface area contributed by atoms with E-state index in [1.54, 1.807) is 0 Å². The largest absolute Gasteiger partial charge is 0.335 e. The summed E-state index contributed by atoms with van der Waals surface area (Å²) in [4.78, 5) is 14.9. The molecule has 5 unspecified atom stereocenters. The minimum absolute atomic E-state index is 0.0534. The van der Waals surface area contributed by atoms with Crippen molar-refractivity contribution in [3.63, 3.8) is 0 Å². The summed E-state index contributed by atoms with van der Waals surface area (Å²) in [5, 5.41) is 11.7. The molecule has 6 rings (SSSR count). The van der Waals surface area contributed by atoms with E-state index in [0.29, 0.717) is 17.9 Å². The van der Waals surface area contributed by atoms with Crippen LogP contribution in [0, 0.1) is 11.8 Å². The maximum atomic E-state index is 12.9. The molecule has 3 heterocycles. The predicted molar refractivity (Wildman–Crippen MR) is 121 cm³/mol. The minimum atomic E-state index is 0.0534. The lowest BCUT2D eigenvalue weighted by atomic mass is 9.71. The topological polar surface area (TPSA) is 87.1 Å². The van der Waals surface area contributed by atoms with Gasteiger partial charge >= 0.3 is 6.03 Å². The molecular weight excluding hydrogens is 402 g/mol. The Balaban J connectivity index is 1.23. The molecule has 2 amide bonds. The summed E-state index contributed by atoms with van der Waals surface area (Å²) in [6, 6.07) is 17.6. The van der Waals surface area contributed by atoms with Crippen molar-refractivity contribution in [2.75, 3.05) is 6.54 Å². The Labute approximate surface area is 187 Å². The van der Waals surface area contributed by atoms with Crippen molar-refractivity contribution in [3.8, 4) is 0 Å². The molecule has 0 bridgehead atoms. The number of urea groups is 1. The minimum Gasteiger partial charge on any atom is -0.335 e. The van der Waals surface area contributed by atoms with Crippen LogP contribution in [0.2, 0.25) is 0 Å². The van der Waals surface area contributed by atoms with Crippen molar-refractivity contribution in [2.45, 2.75) is 43.9 Å². The van der Waals surface area contributed by atoms with Crippen LogP contribution >= 0.6 is 0 Å². The number of carbonyl (C=O) groups excluding carboxylic acids is 1. The summed E-state index contributed by atoms with van der Waals surface area (Å²) < 4.78 is 1.83. The zero-order valence-corrected chi connectivity index (χ0v) is 18.4. The van der Waals surface area contributed by atoms with Crippen molar-refractivity contribution < 1.29 is 4.79 Å². The molecule has 8 heteroatoms. The first-order valence-electron chi connectivity index (χ1n) is 11.5. The molecule has 2 aromatic carbocycles. The van der Waals surface area contributed by atoms with E-state index in [-0.39, 0.29) is 24.2 Å². The van der Waals surface area contributed by atoms with Crippen LogP contribution in [-0.4, -0.2) is 44.6 Å². The number of hydrogen-bond donors (Lipinski definition) is 3. The third kappa shape index (κ3) is 3.17. The van der Waals surface area contributed by atoms with Gasteiger partial charge in [-0.2, -0.15) is 0 Å². The molecule has 2 aliphatic heterocycles. The van der Waals surface area contributed by atoms with Gasteiger partial charge in [0.25, 0.3) is 0 Å². The SMILES string of the molecule is C[C@H](c1ccccc1)N1CC2CC3C(CC2NC1=O)NNC3c1ccc2nnn(C)c2c1. The molecule has 32 heavy (non-hydrogen) atoms. The van der Waals surface area contributed by atoms with Gasteiger partial charge in [0.1, 0.15) is 5.52 Å². The number of carbonyl (C=O) groups is 1. The average Bonchev–Trinajstić information content (AvgIpc) is 3.40. The van der Waals surface area contributed by atoms with Crippen LogP contribution in [0.25, 0.3) is 11.0 Å². The van der Waals surface area contributed by atoms with Crippen LogP contribution in [0.5, 0.6) is 0 Å². The Morgan fingerprint density at radius 3 is 2.75 bits per heavy atom.